The molecule has 3 rings (SSSR count). The van der Waals surface area contributed by atoms with Gasteiger partial charge in [-0.15, -0.1) is 0 Å². The molecule has 25 heavy (non-hydrogen) atoms. The topological polar surface area (TPSA) is 118 Å². The molecule has 0 atom stereocenters. The summed E-state index contributed by atoms with van der Waals surface area (Å²) in [6.07, 6.45) is -4.88. The van der Waals surface area contributed by atoms with E-state index < -0.39 is 40.6 Å². The van der Waals surface area contributed by atoms with E-state index in [9.17, 15) is 27.6 Å². The van der Waals surface area contributed by atoms with E-state index >= 15 is 0 Å². The third-order valence-electron chi connectivity index (χ3n) is 3.63. The summed E-state index contributed by atoms with van der Waals surface area (Å²) < 4.78 is 40.5. The van der Waals surface area contributed by atoms with E-state index in [0.29, 0.717) is 10.6 Å². The van der Waals surface area contributed by atoms with Crippen LogP contribution in [0.4, 0.5) is 19.0 Å². The molecular weight excluding hydrogens is 341 g/mol. The normalized spacial score (nSPS) is 13.4. The van der Waals surface area contributed by atoms with Crippen molar-refractivity contribution in [3.63, 3.8) is 0 Å². The zero-order valence-electron chi connectivity index (χ0n) is 12.1. The molecule has 0 bridgehead atoms. The summed E-state index contributed by atoms with van der Waals surface area (Å²) in [7, 11) is 0. The fraction of sp³-hybridized carbons (Fsp3) is 0.0667. The number of carbonyl (C=O) groups excluding carboxylic acids is 2. The Balaban J connectivity index is 2.39. The van der Waals surface area contributed by atoms with Crippen LogP contribution in [0.1, 0.15) is 31.8 Å². The molecule has 3 N–H and O–H groups in total. The molecule has 7 nitrogen and oxygen atoms in total. The minimum atomic E-state index is -4.88. The predicted molar refractivity (Wildman–Crippen MR) is 78.0 cm³/mol. The van der Waals surface area contributed by atoms with Gasteiger partial charge in [-0.05, 0) is 18.2 Å². The van der Waals surface area contributed by atoms with Gasteiger partial charge in [-0.1, -0.05) is 0 Å². The first-order valence-electron chi connectivity index (χ1n) is 6.68. The van der Waals surface area contributed by atoms with Crippen LogP contribution in [0.2, 0.25) is 0 Å². The number of rotatable bonds is 1. The van der Waals surface area contributed by atoms with Crippen molar-refractivity contribution in [3.8, 4) is 11.8 Å². The standard InChI is InChI=1S/C15H7F3N4O3/c16-15(17,18)8-3-6(5-19)1-2-9(8)22-10(23)4-7-11(12(22)20)14(25)21-13(7)24/h1-4H,20H2,(H,21,24,25). The van der Waals surface area contributed by atoms with Gasteiger partial charge in [0.25, 0.3) is 17.4 Å². The number of imide groups is 1. The van der Waals surface area contributed by atoms with E-state index in [2.05, 4.69) is 0 Å². The molecule has 0 unspecified atom stereocenters. The molecule has 1 aliphatic heterocycles. The highest BCUT2D eigenvalue weighted by atomic mass is 19.4. The van der Waals surface area contributed by atoms with Gasteiger partial charge in [0, 0.05) is 6.07 Å². The molecule has 0 saturated carbocycles. The number of halogens is 3. The quantitative estimate of drug-likeness (QED) is 0.751. The molecule has 0 aliphatic carbocycles. The number of pyridine rings is 1. The highest BCUT2D eigenvalue weighted by Crippen LogP contribution is 2.35. The van der Waals surface area contributed by atoms with Gasteiger partial charge in [0.15, 0.2) is 0 Å². The molecule has 1 aliphatic rings. The van der Waals surface area contributed by atoms with Gasteiger partial charge in [0.05, 0.1) is 34.0 Å². The Morgan fingerprint density at radius 1 is 1.12 bits per heavy atom. The van der Waals surface area contributed by atoms with Crippen molar-refractivity contribution < 1.29 is 22.8 Å². The monoisotopic (exact) mass is 348 g/mol. The molecule has 1 aromatic carbocycles. The van der Waals surface area contributed by atoms with Gasteiger partial charge < -0.3 is 5.73 Å². The number of alkyl halides is 3. The maximum Gasteiger partial charge on any atom is 0.418 e. The third-order valence-corrected chi connectivity index (χ3v) is 3.63. The Morgan fingerprint density at radius 2 is 1.80 bits per heavy atom. The zero-order chi connectivity index (χ0) is 18.5. The fourth-order valence-corrected chi connectivity index (χ4v) is 2.56. The Bertz CT molecular complexity index is 1050. The number of anilines is 1. The fourth-order valence-electron chi connectivity index (χ4n) is 2.56. The van der Waals surface area contributed by atoms with E-state index in [1.165, 1.54) is 0 Å². The largest absolute Gasteiger partial charge is 0.418 e. The minimum absolute atomic E-state index is 0.267. The zero-order valence-corrected chi connectivity index (χ0v) is 12.1. The highest BCUT2D eigenvalue weighted by molar-refractivity contribution is 6.23. The van der Waals surface area contributed by atoms with Crippen LogP contribution in [0.5, 0.6) is 0 Å². The maximum absolute atomic E-state index is 13.3. The molecule has 1 aromatic heterocycles. The number of fused-ring (bicyclic) bond motifs is 1. The predicted octanol–water partition coefficient (Wildman–Crippen LogP) is 1.19. The molecule has 0 radical (unpaired) electrons. The van der Waals surface area contributed by atoms with Crippen molar-refractivity contribution in [1.82, 2.24) is 9.88 Å². The molecule has 2 heterocycles. The maximum atomic E-state index is 13.3. The third kappa shape index (κ3) is 2.42. The van der Waals surface area contributed by atoms with Crippen molar-refractivity contribution in [2.24, 2.45) is 0 Å². The first kappa shape index (κ1) is 16.3. The van der Waals surface area contributed by atoms with E-state index in [1.54, 1.807) is 6.07 Å². The lowest BCUT2D eigenvalue weighted by Crippen LogP contribution is -2.26. The first-order valence-corrected chi connectivity index (χ1v) is 6.68. The first-order chi connectivity index (χ1) is 11.6. The molecule has 0 fully saturated rings. The van der Waals surface area contributed by atoms with Crippen LogP contribution in [0.3, 0.4) is 0 Å². The molecule has 2 aromatic rings. The highest BCUT2D eigenvalue weighted by Gasteiger charge is 2.37. The summed E-state index contributed by atoms with van der Waals surface area (Å²) >= 11 is 0. The summed E-state index contributed by atoms with van der Waals surface area (Å²) in [4.78, 5) is 35.6. The van der Waals surface area contributed by atoms with Crippen LogP contribution in [-0.4, -0.2) is 16.4 Å². The Hall–Kier alpha value is -3.61. The number of nitrogens with two attached hydrogens (primary N) is 1. The van der Waals surface area contributed by atoms with Crippen molar-refractivity contribution in [1.29, 1.82) is 5.26 Å². The number of amides is 2. The summed E-state index contributed by atoms with van der Waals surface area (Å²) in [6.45, 7) is 0. The van der Waals surface area contributed by atoms with Crippen LogP contribution in [0.15, 0.2) is 29.1 Å². The van der Waals surface area contributed by atoms with Gasteiger partial charge >= 0.3 is 6.18 Å². The Labute approximate surface area is 137 Å². The molecule has 10 heteroatoms. The average Bonchev–Trinajstić information content (AvgIpc) is 2.80. The van der Waals surface area contributed by atoms with Crippen LogP contribution in [0.25, 0.3) is 5.69 Å². The molecule has 2 amide bonds. The number of carbonyl (C=O) groups is 2. The number of nitrogen functional groups attached to an aromatic ring is 1. The van der Waals surface area contributed by atoms with Crippen molar-refractivity contribution in [2.75, 3.05) is 5.73 Å². The van der Waals surface area contributed by atoms with Crippen LogP contribution < -0.4 is 16.6 Å². The average molecular weight is 348 g/mol. The lowest BCUT2D eigenvalue weighted by molar-refractivity contribution is -0.137. The lowest BCUT2D eigenvalue weighted by Gasteiger charge is -2.17. The van der Waals surface area contributed by atoms with Gasteiger partial charge in [-0.25, -0.2) is 0 Å². The number of hydrogen-bond donors (Lipinski definition) is 2. The van der Waals surface area contributed by atoms with Gasteiger partial charge in [0.1, 0.15) is 5.82 Å². The molecule has 0 saturated heterocycles. The van der Waals surface area contributed by atoms with Crippen molar-refractivity contribution >= 4 is 17.6 Å². The number of hydrogen-bond acceptors (Lipinski definition) is 5. The van der Waals surface area contributed by atoms with E-state index in [4.69, 9.17) is 11.0 Å². The second kappa shape index (κ2) is 5.20. The number of nitrogens with zero attached hydrogens (tertiary/aromatic N) is 2. The summed E-state index contributed by atoms with van der Waals surface area (Å²) in [5.41, 5.74) is 1.84. The second-order valence-corrected chi connectivity index (χ2v) is 5.12. The van der Waals surface area contributed by atoms with E-state index in [0.717, 1.165) is 18.2 Å². The summed E-state index contributed by atoms with van der Waals surface area (Å²) in [5, 5.41) is 10.7. The summed E-state index contributed by atoms with van der Waals surface area (Å²) in [6, 6.07) is 4.87. The van der Waals surface area contributed by atoms with Crippen molar-refractivity contribution in [2.45, 2.75) is 6.18 Å². The Kier molecular flexibility index (Phi) is 3.38. The summed E-state index contributed by atoms with van der Waals surface area (Å²) in [5.74, 6) is -2.36. The van der Waals surface area contributed by atoms with Crippen LogP contribution in [0, 0.1) is 11.3 Å². The number of nitriles is 1. The molecule has 0 spiro atoms. The molecular formula is C15H7F3N4O3. The number of benzene rings is 1. The van der Waals surface area contributed by atoms with Crippen LogP contribution >= 0.6 is 0 Å². The number of aromatic nitrogens is 1. The van der Waals surface area contributed by atoms with Gasteiger partial charge in [-0.3, -0.25) is 24.3 Å². The lowest BCUT2D eigenvalue weighted by atomic mass is 10.1. The van der Waals surface area contributed by atoms with E-state index in [-0.39, 0.29) is 16.7 Å². The van der Waals surface area contributed by atoms with Crippen LogP contribution in [-0.2, 0) is 6.18 Å². The SMILES string of the molecule is N#Cc1ccc(-n2c(N)c3c(cc2=O)C(=O)NC3=O)c(C(F)(F)F)c1. The second-order valence-electron chi connectivity index (χ2n) is 5.12. The van der Waals surface area contributed by atoms with Crippen molar-refractivity contribution in [3.05, 3.63) is 56.9 Å². The van der Waals surface area contributed by atoms with Gasteiger partial charge in [-0.2, -0.15) is 18.4 Å². The molecule has 126 valence electrons. The van der Waals surface area contributed by atoms with Gasteiger partial charge in [0.2, 0.25) is 0 Å². The minimum Gasteiger partial charge on any atom is -0.384 e. The smallest absolute Gasteiger partial charge is 0.384 e. The number of nitrogens with one attached hydrogen (secondary N) is 1. The van der Waals surface area contributed by atoms with E-state index in [1.807, 2.05) is 5.32 Å². The Morgan fingerprint density at radius 3 is 2.40 bits per heavy atom.